The molecule has 2 N–H and O–H groups in total. The number of methoxy groups -OCH3 is 1. The number of amides is 4. The van der Waals surface area contributed by atoms with Crippen molar-refractivity contribution in [3.63, 3.8) is 0 Å². The average Bonchev–Trinajstić information content (AvgIpc) is 4.05. The Kier molecular flexibility index (Phi) is 11.4. The van der Waals surface area contributed by atoms with Crippen LogP contribution in [0.25, 0.3) is 0 Å². The zero-order chi connectivity index (χ0) is 38.6. The summed E-state index contributed by atoms with van der Waals surface area (Å²) in [6.45, 7) is 6.54. The summed E-state index contributed by atoms with van der Waals surface area (Å²) in [7, 11) is 1.64. The summed E-state index contributed by atoms with van der Waals surface area (Å²) in [4.78, 5) is 60.6. The van der Waals surface area contributed by atoms with E-state index in [1.165, 1.54) is 0 Å². The molecule has 1 saturated carbocycles. The molecule has 1 aliphatic carbocycles. The number of likely N-dealkylation sites (tertiary alicyclic amines) is 1. The van der Waals surface area contributed by atoms with E-state index in [1.807, 2.05) is 83.8 Å². The zero-order valence-electron chi connectivity index (χ0n) is 32.1. The monoisotopic (exact) mass is 751 g/mol. The van der Waals surface area contributed by atoms with Crippen LogP contribution in [0.3, 0.4) is 0 Å². The van der Waals surface area contributed by atoms with Crippen molar-refractivity contribution in [3.05, 3.63) is 90.0 Å². The highest BCUT2D eigenvalue weighted by molar-refractivity contribution is 6.04. The summed E-state index contributed by atoms with van der Waals surface area (Å²) in [5, 5.41) is 6.81. The molecule has 3 fully saturated rings. The summed E-state index contributed by atoms with van der Waals surface area (Å²) < 4.78 is 17.0. The van der Waals surface area contributed by atoms with Gasteiger partial charge in [0.1, 0.15) is 12.4 Å². The van der Waals surface area contributed by atoms with E-state index in [0.717, 1.165) is 29.7 Å². The number of carbonyl (C=O) groups excluding carboxylic acids is 4. The van der Waals surface area contributed by atoms with Gasteiger partial charge in [0.15, 0.2) is 5.60 Å². The summed E-state index contributed by atoms with van der Waals surface area (Å²) in [6, 6.07) is 25.3. The molecule has 0 radical (unpaired) electrons. The fourth-order valence-electron chi connectivity index (χ4n) is 8.13. The van der Waals surface area contributed by atoms with Gasteiger partial charge >= 0.3 is 6.09 Å². The molecule has 4 aliphatic rings. The van der Waals surface area contributed by atoms with E-state index in [1.54, 1.807) is 30.8 Å². The number of carbonyl (C=O) groups is 4. The van der Waals surface area contributed by atoms with Crippen molar-refractivity contribution in [2.45, 2.75) is 76.2 Å². The van der Waals surface area contributed by atoms with Gasteiger partial charge in [-0.15, -0.1) is 0 Å². The van der Waals surface area contributed by atoms with Crippen molar-refractivity contribution >= 4 is 35.2 Å². The minimum absolute atomic E-state index is 0.0261. The first-order valence-corrected chi connectivity index (χ1v) is 19.6. The normalized spacial score (nSPS) is 21.5. The van der Waals surface area contributed by atoms with Crippen LogP contribution in [0.1, 0.15) is 63.5 Å². The number of hydrogen-bond acceptors (Lipinski definition) is 8. The maximum absolute atomic E-state index is 14.5. The molecule has 0 aromatic heterocycles. The van der Waals surface area contributed by atoms with Crippen LogP contribution >= 0.6 is 0 Å². The van der Waals surface area contributed by atoms with Crippen LogP contribution in [-0.2, 0) is 36.0 Å². The third kappa shape index (κ3) is 8.50. The van der Waals surface area contributed by atoms with Crippen LogP contribution in [-0.4, -0.2) is 86.8 Å². The van der Waals surface area contributed by atoms with E-state index in [9.17, 15) is 19.2 Å². The van der Waals surface area contributed by atoms with Gasteiger partial charge in [0.05, 0.1) is 23.1 Å². The van der Waals surface area contributed by atoms with Gasteiger partial charge < -0.3 is 39.5 Å². The third-order valence-electron chi connectivity index (χ3n) is 11.4. The van der Waals surface area contributed by atoms with Crippen LogP contribution < -0.4 is 25.2 Å². The molecule has 7 rings (SSSR count). The van der Waals surface area contributed by atoms with Gasteiger partial charge in [-0.05, 0) is 81.7 Å². The van der Waals surface area contributed by atoms with Crippen LogP contribution in [0.5, 0.6) is 5.75 Å². The Morgan fingerprint density at radius 1 is 0.945 bits per heavy atom. The second-order valence-electron chi connectivity index (χ2n) is 15.8. The molecule has 4 amide bonds. The zero-order valence-corrected chi connectivity index (χ0v) is 32.1. The molecule has 292 valence electrons. The van der Waals surface area contributed by atoms with Gasteiger partial charge in [-0.2, -0.15) is 0 Å². The lowest BCUT2D eigenvalue weighted by molar-refractivity contribution is -0.133. The van der Waals surface area contributed by atoms with Gasteiger partial charge in [-0.3, -0.25) is 14.4 Å². The molecule has 3 aromatic carbocycles. The largest absolute Gasteiger partial charge is 0.476 e. The Hall–Kier alpha value is -4.94. The fraction of sp³-hybridized carbons (Fsp3) is 0.488. The predicted molar refractivity (Wildman–Crippen MR) is 209 cm³/mol. The van der Waals surface area contributed by atoms with Crippen LogP contribution in [0.4, 0.5) is 16.2 Å². The Balaban J connectivity index is 1.04. The Bertz CT molecular complexity index is 1840. The first kappa shape index (κ1) is 38.3. The number of fused-ring (bicyclic) bond motifs is 1. The van der Waals surface area contributed by atoms with Gasteiger partial charge in [0.25, 0.3) is 5.91 Å². The van der Waals surface area contributed by atoms with Crippen molar-refractivity contribution in [1.82, 2.24) is 15.5 Å². The number of rotatable bonds is 12. The standard InChI is InChI=1S/C43H53N5O7/c1-42(2)40(51)47(21-10-24-53-3)36-26-35(17-18-37(36)55-42)48(34-15-16-34)39(50)32-25-31(27-44-28-32)38(49)45-43(33-13-8-5-9-14-33)19-22-46(23-20-43)41(52)54-29-30-11-6-4-7-12-30/h4-9,11-14,17-18,26,31-32,34,44H,10,15-16,19-25,27-29H2,1-3H3,(H,45,49)/t31-,32+/m0/s1. The minimum Gasteiger partial charge on any atom is -0.476 e. The lowest BCUT2D eigenvalue weighted by Gasteiger charge is -2.43. The molecule has 2 atom stereocenters. The fourth-order valence-corrected chi connectivity index (χ4v) is 8.13. The molecule has 3 heterocycles. The Labute approximate surface area is 323 Å². The van der Waals surface area contributed by atoms with Gasteiger partial charge in [-0.1, -0.05) is 60.7 Å². The molecule has 12 heteroatoms. The maximum atomic E-state index is 14.5. The van der Waals surface area contributed by atoms with E-state index >= 15 is 0 Å². The SMILES string of the molecule is COCCCN1C(=O)C(C)(C)Oc2ccc(N(C(=O)[C@H]3CNC[C@@H](C(=O)NC4(c5ccccc5)CCN(C(=O)OCc5ccccc5)CC4)C3)C3CC3)cc21. The van der Waals surface area contributed by atoms with E-state index < -0.39 is 23.0 Å². The van der Waals surface area contributed by atoms with Gasteiger partial charge in [-0.25, -0.2) is 4.79 Å². The quantitative estimate of drug-likeness (QED) is 0.236. The average molecular weight is 752 g/mol. The predicted octanol–water partition coefficient (Wildman–Crippen LogP) is 5.39. The maximum Gasteiger partial charge on any atom is 0.410 e. The lowest BCUT2D eigenvalue weighted by atomic mass is 9.79. The molecule has 2 saturated heterocycles. The molecule has 3 aliphatic heterocycles. The van der Waals surface area contributed by atoms with Crippen LogP contribution in [0.2, 0.25) is 0 Å². The number of ether oxygens (including phenoxy) is 3. The van der Waals surface area contributed by atoms with Gasteiger partial charge in [0.2, 0.25) is 11.8 Å². The molecule has 0 spiro atoms. The van der Waals surface area contributed by atoms with Crippen molar-refractivity contribution in [2.75, 3.05) is 56.2 Å². The minimum atomic E-state index is -1.01. The molecular weight excluding hydrogens is 699 g/mol. The highest BCUT2D eigenvalue weighted by Gasteiger charge is 2.45. The summed E-state index contributed by atoms with van der Waals surface area (Å²) >= 11 is 0. The van der Waals surface area contributed by atoms with E-state index in [2.05, 4.69) is 10.6 Å². The lowest BCUT2D eigenvalue weighted by Crippen LogP contribution is -2.57. The summed E-state index contributed by atoms with van der Waals surface area (Å²) in [6.07, 6.45) is 3.56. The van der Waals surface area contributed by atoms with Crippen molar-refractivity contribution in [1.29, 1.82) is 0 Å². The molecule has 0 bridgehead atoms. The molecule has 55 heavy (non-hydrogen) atoms. The smallest absolute Gasteiger partial charge is 0.410 e. The van der Waals surface area contributed by atoms with E-state index in [-0.39, 0.29) is 36.5 Å². The van der Waals surface area contributed by atoms with Crippen molar-refractivity contribution < 1.29 is 33.4 Å². The first-order chi connectivity index (χ1) is 26.6. The Morgan fingerprint density at radius 2 is 1.64 bits per heavy atom. The van der Waals surface area contributed by atoms with Crippen LogP contribution in [0.15, 0.2) is 78.9 Å². The molecule has 12 nitrogen and oxygen atoms in total. The summed E-state index contributed by atoms with van der Waals surface area (Å²) in [5.74, 6) is -0.499. The van der Waals surface area contributed by atoms with Gasteiger partial charge in [0, 0.05) is 58.2 Å². The first-order valence-electron chi connectivity index (χ1n) is 19.6. The van der Waals surface area contributed by atoms with Crippen molar-refractivity contribution in [3.8, 4) is 5.75 Å². The topological polar surface area (TPSA) is 130 Å². The number of anilines is 2. The number of nitrogens with one attached hydrogen (secondary N) is 2. The van der Waals surface area contributed by atoms with Crippen LogP contribution in [0, 0.1) is 11.8 Å². The summed E-state index contributed by atoms with van der Waals surface area (Å²) in [5.41, 5.74) is 1.61. The second-order valence-corrected chi connectivity index (χ2v) is 15.8. The van der Waals surface area contributed by atoms with E-state index in [4.69, 9.17) is 14.2 Å². The number of hydrogen-bond donors (Lipinski definition) is 2. The molecule has 0 unspecified atom stereocenters. The second kappa shape index (κ2) is 16.4. The third-order valence-corrected chi connectivity index (χ3v) is 11.4. The van der Waals surface area contributed by atoms with Crippen molar-refractivity contribution in [2.24, 2.45) is 11.8 Å². The number of nitrogens with zero attached hydrogens (tertiary/aromatic N) is 3. The van der Waals surface area contributed by atoms with E-state index in [0.29, 0.717) is 76.5 Å². The Morgan fingerprint density at radius 3 is 2.33 bits per heavy atom. The molecular formula is C43H53N5O7. The molecule has 3 aromatic rings. The highest BCUT2D eigenvalue weighted by atomic mass is 16.6. The number of piperidine rings is 2. The number of benzene rings is 3. The highest BCUT2D eigenvalue weighted by Crippen LogP contribution is 2.43.